The smallest absolute Gasteiger partial charge is 0.387 e. The highest BCUT2D eigenvalue weighted by Gasteiger charge is 2.06. The van der Waals surface area contributed by atoms with Gasteiger partial charge in [0.1, 0.15) is 5.75 Å². The molecule has 2 rings (SSSR count). The summed E-state index contributed by atoms with van der Waals surface area (Å²) in [5.41, 5.74) is 6.78. The second-order valence-corrected chi connectivity index (χ2v) is 6.59. The van der Waals surface area contributed by atoms with E-state index in [-0.39, 0.29) is 22.5 Å². The predicted molar refractivity (Wildman–Crippen MR) is 102 cm³/mol. The number of anilines is 1. The number of hydrogen-bond donors (Lipinski definition) is 3. The number of thiocarbonyl (C=S) groups is 1. The number of alkyl halides is 2. The maximum absolute atomic E-state index is 12.1. The number of rotatable bonds is 6. The van der Waals surface area contributed by atoms with Gasteiger partial charge in [-0.3, -0.25) is 15.6 Å². The highest BCUT2D eigenvalue weighted by Crippen LogP contribution is 2.18. The van der Waals surface area contributed by atoms with E-state index in [2.05, 4.69) is 20.9 Å². The van der Waals surface area contributed by atoms with Crippen LogP contribution in [0.2, 0.25) is 0 Å². The quantitative estimate of drug-likeness (QED) is 0.392. The Morgan fingerprint density at radius 2 is 1.77 bits per heavy atom. The number of carbonyl (C=O) groups is 1. The Kier molecular flexibility index (Phi) is 7.61. The van der Waals surface area contributed by atoms with Crippen molar-refractivity contribution in [2.45, 2.75) is 18.4 Å². The van der Waals surface area contributed by atoms with Crippen LogP contribution in [0.4, 0.5) is 14.5 Å². The summed E-state index contributed by atoms with van der Waals surface area (Å²) in [6, 6.07) is 13.7. The molecule has 2 aromatic rings. The molecule has 2 aromatic carbocycles. The Morgan fingerprint density at radius 1 is 1.12 bits per heavy atom. The molecule has 5 nitrogen and oxygen atoms in total. The van der Waals surface area contributed by atoms with Crippen LogP contribution in [-0.2, 0) is 4.79 Å². The Hall–Kier alpha value is -2.39. The van der Waals surface area contributed by atoms with E-state index in [0.717, 1.165) is 10.5 Å². The average Bonchev–Trinajstić information content (AvgIpc) is 2.61. The van der Waals surface area contributed by atoms with Gasteiger partial charge < -0.3 is 10.1 Å². The molecule has 0 fully saturated rings. The Morgan fingerprint density at radius 3 is 2.38 bits per heavy atom. The third-order valence-electron chi connectivity index (χ3n) is 3.04. The summed E-state index contributed by atoms with van der Waals surface area (Å²) in [7, 11) is 0. The highest BCUT2D eigenvalue weighted by atomic mass is 32.2. The van der Waals surface area contributed by atoms with Crippen LogP contribution in [-0.4, -0.2) is 23.4 Å². The summed E-state index contributed by atoms with van der Waals surface area (Å²) in [6.45, 7) is -0.872. The van der Waals surface area contributed by atoms with Gasteiger partial charge in [0.25, 0.3) is 0 Å². The van der Waals surface area contributed by atoms with Crippen molar-refractivity contribution in [3.63, 3.8) is 0 Å². The van der Waals surface area contributed by atoms with Crippen LogP contribution < -0.4 is 20.9 Å². The molecule has 3 N–H and O–H groups in total. The number of halogens is 2. The number of carbonyl (C=O) groups excluding carboxylic acids is 1. The van der Waals surface area contributed by atoms with Gasteiger partial charge in [-0.15, -0.1) is 11.8 Å². The van der Waals surface area contributed by atoms with Crippen molar-refractivity contribution in [3.05, 3.63) is 54.1 Å². The Balaban J connectivity index is 1.70. The largest absolute Gasteiger partial charge is 0.435 e. The van der Waals surface area contributed by atoms with E-state index >= 15 is 0 Å². The Bertz CT molecular complexity index is 741. The van der Waals surface area contributed by atoms with E-state index in [1.807, 2.05) is 31.2 Å². The lowest BCUT2D eigenvalue weighted by Crippen LogP contribution is -2.44. The van der Waals surface area contributed by atoms with Crippen LogP contribution >= 0.6 is 24.0 Å². The zero-order valence-electron chi connectivity index (χ0n) is 13.8. The van der Waals surface area contributed by atoms with Gasteiger partial charge in [0.2, 0.25) is 5.91 Å². The first-order chi connectivity index (χ1) is 12.4. The van der Waals surface area contributed by atoms with Crippen LogP contribution in [0.5, 0.6) is 5.75 Å². The van der Waals surface area contributed by atoms with E-state index in [4.69, 9.17) is 12.2 Å². The summed E-state index contributed by atoms with van der Waals surface area (Å²) in [4.78, 5) is 12.8. The predicted octanol–water partition coefficient (Wildman–Crippen LogP) is 3.71. The summed E-state index contributed by atoms with van der Waals surface area (Å²) < 4.78 is 28.4. The molecule has 0 saturated heterocycles. The first-order valence-corrected chi connectivity index (χ1v) is 8.92. The number of benzene rings is 2. The molecule has 26 heavy (non-hydrogen) atoms. The van der Waals surface area contributed by atoms with Gasteiger partial charge in [-0.05, 0) is 55.5 Å². The van der Waals surface area contributed by atoms with Gasteiger partial charge in [-0.2, -0.15) is 8.78 Å². The maximum Gasteiger partial charge on any atom is 0.387 e. The molecule has 0 radical (unpaired) electrons. The third kappa shape index (κ3) is 7.24. The minimum absolute atomic E-state index is 0.0471. The molecule has 9 heteroatoms. The average molecular weight is 397 g/mol. The normalized spacial score (nSPS) is 10.3. The van der Waals surface area contributed by atoms with Crippen molar-refractivity contribution in [1.82, 2.24) is 10.9 Å². The van der Waals surface area contributed by atoms with Gasteiger partial charge in [0, 0.05) is 10.6 Å². The van der Waals surface area contributed by atoms with Crippen molar-refractivity contribution >= 4 is 40.7 Å². The number of hydrazine groups is 1. The minimum Gasteiger partial charge on any atom is -0.435 e. The standard InChI is InChI=1S/C17H17F2N3O2S2/c1-11-2-8-14(9-3-11)26-10-15(23)21-22-17(25)20-12-4-6-13(7-5-12)24-16(18)19/h2-9,16H,10H2,1H3,(H,21,23)(H2,20,22,25). The molecule has 0 aromatic heterocycles. The van der Waals surface area contributed by atoms with Gasteiger partial charge in [0.05, 0.1) is 5.75 Å². The zero-order chi connectivity index (χ0) is 18.9. The summed E-state index contributed by atoms with van der Waals surface area (Å²) in [5, 5.41) is 2.98. The van der Waals surface area contributed by atoms with Crippen molar-refractivity contribution < 1.29 is 18.3 Å². The van der Waals surface area contributed by atoms with Crippen molar-refractivity contribution in [3.8, 4) is 5.75 Å². The van der Waals surface area contributed by atoms with E-state index in [0.29, 0.717) is 5.69 Å². The second kappa shape index (κ2) is 9.93. The topological polar surface area (TPSA) is 62.4 Å². The second-order valence-electron chi connectivity index (χ2n) is 5.13. The van der Waals surface area contributed by atoms with Crippen LogP contribution in [0.15, 0.2) is 53.4 Å². The maximum atomic E-state index is 12.1. The molecule has 0 unspecified atom stereocenters. The molecule has 0 heterocycles. The summed E-state index contributed by atoms with van der Waals surface area (Å²) in [6.07, 6.45) is 0. The fourth-order valence-electron chi connectivity index (χ4n) is 1.83. The third-order valence-corrected chi connectivity index (χ3v) is 4.26. The molecule has 0 aliphatic carbocycles. The molecular weight excluding hydrogens is 380 g/mol. The number of hydrogen-bond acceptors (Lipinski definition) is 4. The zero-order valence-corrected chi connectivity index (χ0v) is 15.4. The lowest BCUT2D eigenvalue weighted by molar-refractivity contribution is -0.119. The van der Waals surface area contributed by atoms with Gasteiger partial charge >= 0.3 is 6.61 Å². The monoisotopic (exact) mass is 397 g/mol. The van der Waals surface area contributed by atoms with E-state index < -0.39 is 6.61 Å². The first-order valence-electron chi connectivity index (χ1n) is 7.52. The molecule has 0 spiro atoms. The summed E-state index contributed by atoms with van der Waals surface area (Å²) in [5.74, 6) is 0.0458. The van der Waals surface area contributed by atoms with E-state index in [1.165, 1.54) is 36.0 Å². The van der Waals surface area contributed by atoms with E-state index in [1.54, 1.807) is 0 Å². The molecular formula is C17H17F2N3O2S2. The van der Waals surface area contributed by atoms with Gasteiger partial charge in [0.15, 0.2) is 5.11 Å². The number of aryl methyl sites for hydroxylation is 1. The SMILES string of the molecule is Cc1ccc(SCC(=O)NNC(=S)Nc2ccc(OC(F)F)cc2)cc1. The lowest BCUT2D eigenvalue weighted by atomic mass is 10.2. The molecule has 0 aliphatic rings. The van der Waals surface area contributed by atoms with Crippen LogP contribution in [0.1, 0.15) is 5.56 Å². The van der Waals surface area contributed by atoms with E-state index in [9.17, 15) is 13.6 Å². The van der Waals surface area contributed by atoms with Crippen LogP contribution in [0, 0.1) is 6.92 Å². The molecule has 138 valence electrons. The molecule has 1 amide bonds. The number of thioether (sulfide) groups is 1. The molecule has 0 saturated carbocycles. The first kappa shape index (κ1) is 19.9. The minimum atomic E-state index is -2.87. The fourth-order valence-corrected chi connectivity index (χ4v) is 2.70. The number of ether oxygens (including phenoxy) is 1. The fraction of sp³-hybridized carbons (Fsp3) is 0.176. The molecule has 0 atom stereocenters. The van der Waals surface area contributed by atoms with Crippen molar-refractivity contribution in [1.29, 1.82) is 0 Å². The van der Waals surface area contributed by atoms with Crippen molar-refractivity contribution in [2.75, 3.05) is 11.1 Å². The molecule has 0 aliphatic heterocycles. The number of amides is 1. The van der Waals surface area contributed by atoms with Gasteiger partial charge in [-0.1, -0.05) is 17.7 Å². The Labute approximate surface area is 159 Å². The highest BCUT2D eigenvalue weighted by molar-refractivity contribution is 8.00. The molecule has 0 bridgehead atoms. The van der Waals surface area contributed by atoms with Crippen LogP contribution in [0.3, 0.4) is 0 Å². The summed E-state index contributed by atoms with van der Waals surface area (Å²) >= 11 is 6.46. The van der Waals surface area contributed by atoms with Crippen LogP contribution in [0.25, 0.3) is 0 Å². The number of nitrogens with one attached hydrogen (secondary N) is 3. The van der Waals surface area contributed by atoms with Crippen molar-refractivity contribution in [2.24, 2.45) is 0 Å². The lowest BCUT2D eigenvalue weighted by Gasteiger charge is -2.12. The van der Waals surface area contributed by atoms with Gasteiger partial charge in [-0.25, -0.2) is 0 Å².